The quantitative estimate of drug-likeness (QED) is 0.727. The summed E-state index contributed by atoms with van der Waals surface area (Å²) >= 11 is 0.662. The van der Waals surface area contributed by atoms with Crippen molar-refractivity contribution in [2.75, 3.05) is 0 Å². The molecule has 74 valence electrons. The topological polar surface area (TPSA) is 12.9 Å². The molecular weight excluding hydrogens is 199 g/mol. The van der Waals surface area contributed by atoms with E-state index in [-0.39, 0.29) is 0 Å². The Morgan fingerprint density at radius 3 is 2.46 bits per heavy atom. The van der Waals surface area contributed by atoms with E-state index >= 15 is 0 Å². The summed E-state index contributed by atoms with van der Waals surface area (Å²) < 4.78 is 36.3. The molecule has 1 aromatic rings. The summed E-state index contributed by atoms with van der Waals surface area (Å²) in [5.74, 6) is 0.336. The number of aromatic nitrogens is 1. The zero-order valence-corrected chi connectivity index (χ0v) is 8.17. The molecule has 0 fully saturated rings. The van der Waals surface area contributed by atoms with Crippen LogP contribution in [0.5, 0.6) is 0 Å². The molecule has 5 heteroatoms. The highest BCUT2D eigenvalue weighted by Gasteiger charge is 2.34. The van der Waals surface area contributed by atoms with Gasteiger partial charge in [-0.15, -0.1) is 11.3 Å². The standard InChI is InChI=1S/C8H10F3NS/c1-5(2)3-6-4-13-7(12-6)8(9,10)11/h4-5H,3H2,1-2H3. The highest BCUT2D eigenvalue weighted by atomic mass is 32.1. The van der Waals surface area contributed by atoms with Crippen LogP contribution in [0.25, 0.3) is 0 Å². The summed E-state index contributed by atoms with van der Waals surface area (Å²) in [5.41, 5.74) is 0.535. The lowest BCUT2D eigenvalue weighted by molar-refractivity contribution is -0.137. The molecule has 0 amide bonds. The van der Waals surface area contributed by atoms with Crippen molar-refractivity contribution < 1.29 is 13.2 Å². The zero-order valence-electron chi connectivity index (χ0n) is 7.35. The Morgan fingerprint density at radius 2 is 2.08 bits per heavy atom. The SMILES string of the molecule is CC(C)Cc1csc(C(F)(F)F)n1. The normalized spacial score (nSPS) is 12.5. The van der Waals surface area contributed by atoms with E-state index in [1.165, 1.54) is 5.38 Å². The smallest absolute Gasteiger partial charge is 0.237 e. The van der Waals surface area contributed by atoms with Gasteiger partial charge in [0.25, 0.3) is 0 Å². The molecule has 1 heterocycles. The van der Waals surface area contributed by atoms with Crippen molar-refractivity contribution in [2.24, 2.45) is 5.92 Å². The summed E-state index contributed by atoms with van der Waals surface area (Å²) in [6.45, 7) is 3.90. The van der Waals surface area contributed by atoms with Gasteiger partial charge in [-0.05, 0) is 12.3 Å². The highest BCUT2D eigenvalue weighted by molar-refractivity contribution is 7.09. The summed E-state index contributed by atoms with van der Waals surface area (Å²) in [6.07, 6.45) is -3.69. The van der Waals surface area contributed by atoms with E-state index in [1.807, 2.05) is 13.8 Å². The third-order valence-corrected chi connectivity index (χ3v) is 2.35. The monoisotopic (exact) mass is 209 g/mol. The van der Waals surface area contributed by atoms with Crippen LogP contribution in [0.15, 0.2) is 5.38 Å². The van der Waals surface area contributed by atoms with Gasteiger partial charge >= 0.3 is 6.18 Å². The van der Waals surface area contributed by atoms with Crippen molar-refractivity contribution >= 4 is 11.3 Å². The van der Waals surface area contributed by atoms with Crippen molar-refractivity contribution in [3.05, 3.63) is 16.1 Å². The molecule has 0 aromatic carbocycles. The minimum absolute atomic E-state index is 0.336. The minimum atomic E-state index is -4.29. The van der Waals surface area contributed by atoms with Crippen molar-refractivity contribution in [3.63, 3.8) is 0 Å². The average molecular weight is 209 g/mol. The molecule has 1 aromatic heterocycles. The molecule has 0 saturated carbocycles. The van der Waals surface area contributed by atoms with Crippen LogP contribution in [-0.4, -0.2) is 4.98 Å². The predicted molar refractivity (Wildman–Crippen MR) is 45.7 cm³/mol. The van der Waals surface area contributed by atoms with Gasteiger partial charge in [0.05, 0.1) is 5.69 Å². The van der Waals surface area contributed by atoms with Gasteiger partial charge in [-0.25, -0.2) is 4.98 Å². The second kappa shape index (κ2) is 3.65. The first-order valence-electron chi connectivity index (χ1n) is 3.91. The Morgan fingerprint density at radius 1 is 1.46 bits per heavy atom. The highest BCUT2D eigenvalue weighted by Crippen LogP contribution is 2.31. The molecule has 0 radical (unpaired) electrons. The number of alkyl halides is 3. The molecule has 0 unspecified atom stereocenters. The molecule has 0 aliphatic heterocycles. The lowest BCUT2D eigenvalue weighted by Crippen LogP contribution is -2.04. The molecule has 0 bridgehead atoms. The van der Waals surface area contributed by atoms with Gasteiger partial charge in [-0.2, -0.15) is 13.2 Å². The van der Waals surface area contributed by atoms with Crippen LogP contribution in [0.1, 0.15) is 24.5 Å². The molecule has 0 saturated heterocycles. The minimum Gasteiger partial charge on any atom is -0.237 e. The Kier molecular flexibility index (Phi) is 2.95. The molecule has 1 nitrogen and oxygen atoms in total. The van der Waals surface area contributed by atoms with E-state index in [4.69, 9.17) is 0 Å². The molecule has 0 N–H and O–H groups in total. The molecule has 13 heavy (non-hydrogen) atoms. The molecular formula is C8H10F3NS. The first-order valence-corrected chi connectivity index (χ1v) is 4.79. The zero-order chi connectivity index (χ0) is 10.1. The van der Waals surface area contributed by atoms with Crippen molar-refractivity contribution in [3.8, 4) is 0 Å². The lowest BCUT2D eigenvalue weighted by Gasteiger charge is -2.01. The average Bonchev–Trinajstić information content (AvgIpc) is 2.32. The first kappa shape index (κ1) is 10.5. The third kappa shape index (κ3) is 2.99. The van der Waals surface area contributed by atoms with Crippen LogP contribution in [0.2, 0.25) is 0 Å². The van der Waals surface area contributed by atoms with Gasteiger partial charge in [0.2, 0.25) is 0 Å². The lowest BCUT2D eigenvalue weighted by atomic mass is 10.1. The number of rotatable bonds is 2. The number of hydrogen-bond donors (Lipinski definition) is 0. The molecule has 0 spiro atoms. The van der Waals surface area contributed by atoms with Crippen molar-refractivity contribution in [1.82, 2.24) is 4.98 Å². The van der Waals surface area contributed by atoms with Crippen LogP contribution < -0.4 is 0 Å². The van der Waals surface area contributed by atoms with Crippen LogP contribution >= 0.6 is 11.3 Å². The Balaban J connectivity index is 2.75. The van der Waals surface area contributed by atoms with E-state index in [2.05, 4.69) is 4.98 Å². The van der Waals surface area contributed by atoms with Gasteiger partial charge in [0, 0.05) is 5.38 Å². The van der Waals surface area contributed by atoms with Crippen LogP contribution in [0, 0.1) is 5.92 Å². The van der Waals surface area contributed by atoms with Crippen LogP contribution in [0.3, 0.4) is 0 Å². The third-order valence-electron chi connectivity index (χ3n) is 1.41. The van der Waals surface area contributed by atoms with Crippen LogP contribution in [-0.2, 0) is 12.6 Å². The fourth-order valence-corrected chi connectivity index (χ4v) is 1.65. The molecule has 1 rings (SSSR count). The molecule has 0 aliphatic rings. The number of nitrogens with zero attached hydrogens (tertiary/aromatic N) is 1. The van der Waals surface area contributed by atoms with Gasteiger partial charge < -0.3 is 0 Å². The summed E-state index contributed by atoms with van der Waals surface area (Å²) in [7, 11) is 0. The summed E-state index contributed by atoms with van der Waals surface area (Å²) in [4.78, 5) is 3.52. The number of thiazole rings is 1. The van der Waals surface area contributed by atoms with E-state index in [1.54, 1.807) is 0 Å². The van der Waals surface area contributed by atoms with Gasteiger partial charge in [0.15, 0.2) is 5.01 Å². The number of halogens is 3. The first-order chi connectivity index (χ1) is 5.89. The van der Waals surface area contributed by atoms with Crippen molar-refractivity contribution in [2.45, 2.75) is 26.4 Å². The maximum absolute atomic E-state index is 12.1. The largest absolute Gasteiger partial charge is 0.443 e. The van der Waals surface area contributed by atoms with E-state index < -0.39 is 11.2 Å². The maximum atomic E-state index is 12.1. The summed E-state index contributed by atoms with van der Waals surface area (Å²) in [5, 5.41) is 0.728. The fourth-order valence-electron chi connectivity index (χ4n) is 0.949. The predicted octanol–water partition coefficient (Wildman–Crippen LogP) is 3.36. The second-order valence-corrected chi connectivity index (χ2v) is 4.10. The van der Waals surface area contributed by atoms with E-state index in [0.717, 1.165) is 0 Å². The Labute approximate surface area is 78.6 Å². The Bertz CT molecular complexity index is 277. The maximum Gasteiger partial charge on any atom is 0.443 e. The van der Waals surface area contributed by atoms with E-state index in [0.29, 0.717) is 29.4 Å². The summed E-state index contributed by atoms with van der Waals surface area (Å²) in [6, 6.07) is 0. The van der Waals surface area contributed by atoms with Crippen molar-refractivity contribution in [1.29, 1.82) is 0 Å². The molecule has 0 atom stereocenters. The second-order valence-electron chi connectivity index (χ2n) is 3.24. The van der Waals surface area contributed by atoms with E-state index in [9.17, 15) is 13.2 Å². The Hall–Kier alpha value is -0.580. The van der Waals surface area contributed by atoms with Gasteiger partial charge in [-0.1, -0.05) is 13.8 Å². The number of hydrogen-bond acceptors (Lipinski definition) is 2. The molecule has 0 aliphatic carbocycles. The van der Waals surface area contributed by atoms with Crippen LogP contribution in [0.4, 0.5) is 13.2 Å². The van der Waals surface area contributed by atoms with Gasteiger partial charge in [0.1, 0.15) is 0 Å². The fraction of sp³-hybridized carbons (Fsp3) is 0.625. The van der Waals surface area contributed by atoms with Gasteiger partial charge in [-0.3, -0.25) is 0 Å².